The van der Waals surface area contributed by atoms with Crippen LogP contribution < -0.4 is 5.73 Å². The fraction of sp³-hybridized carbons (Fsp3) is 0.538. The molecule has 1 aromatic carbocycles. The van der Waals surface area contributed by atoms with Crippen LogP contribution in [0.25, 0.3) is 0 Å². The van der Waals surface area contributed by atoms with Crippen molar-refractivity contribution in [1.82, 2.24) is 4.31 Å². The molecule has 5 heteroatoms. The summed E-state index contributed by atoms with van der Waals surface area (Å²) in [6, 6.07) is 9.57. The molecule has 0 atom stereocenters. The maximum Gasteiger partial charge on any atom is 0.216 e. The van der Waals surface area contributed by atoms with Crippen molar-refractivity contribution in [3.05, 3.63) is 35.9 Å². The Morgan fingerprint density at radius 1 is 1.22 bits per heavy atom. The Morgan fingerprint density at radius 2 is 1.78 bits per heavy atom. The van der Waals surface area contributed by atoms with Gasteiger partial charge in [0.15, 0.2) is 0 Å². The zero-order valence-electron chi connectivity index (χ0n) is 11.3. The molecule has 0 saturated carbocycles. The Labute approximate surface area is 110 Å². The quantitative estimate of drug-likeness (QED) is 0.853. The summed E-state index contributed by atoms with van der Waals surface area (Å²) in [7, 11) is -3.32. The second-order valence-electron chi connectivity index (χ2n) is 5.16. The number of hydrogen-bond acceptors (Lipinski definition) is 3. The summed E-state index contributed by atoms with van der Waals surface area (Å²) in [5.74, 6) is -0.0410. The van der Waals surface area contributed by atoms with E-state index in [1.165, 1.54) is 4.31 Å². The Hall–Kier alpha value is -0.910. The van der Waals surface area contributed by atoms with Crippen LogP contribution >= 0.6 is 0 Å². The van der Waals surface area contributed by atoms with Crippen molar-refractivity contribution in [3.63, 3.8) is 0 Å². The van der Waals surface area contributed by atoms with Crippen LogP contribution in [-0.4, -0.2) is 30.6 Å². The molecule has 0 radical (unpaired) electrons. The Morgan fingerprint density at radius 3 is 2.22 bits per heavy atom. The van der Waals surface area contributed by atoms with Crippen molar-refractivity contribution in [2.75, 3.05) is 12.3 Å². The van der Waals surface area contributed by atoms with Gasteiger partial charge in [0, 0.05) is 18.6 Å². The first-order chi connectivity index (χ1) is 8.24. The van der Waals surface area contributed by atoms with Gasteiger partial charge in [-0.05, 0) is 19.4 Å². The van der Waals surface area contributed by atoms with E-state index in [0.29, 0.717) is 13.1 Å². The fourth-order valence-electron chi connectivity index (χ4n) is 1.76. The first kappa shape index (κ1) is 15.1. The van der Waals surface area contributed by atoms with Gasteiger partial charge in [0.05, 0.1) is 5.75 Å². The molecule has 0 unspecified atom stereocenters. The molecule has 0 heterocycles. The highest BCUT2D eigenvalue weighted by Gasteiger charge is 2.27. The molecule has 2 N–H and O–H groups in total. The zero-order valence-corrected chi connectivity index (χ0v) is 12.1. The highest BCUT2D eigenvalue weighted by atomic mass is 32.2. The smallest absolute Gasteiger partial charge is 0.216 e. The molecule has 0 fully saturated rings. The zero-order chi connectivity index (χ0) is 13.8. The lowest BCUT2D eigenvalue weighted by Crippen LogP contribution is -2.45. The Bertz CT molecular complexity index is 464. The van der Waals surface area contributed by atoms with E-state index in [1.54, 1.807) is 13.8 Å². The minimum absolute atomic E-state index is 0.0410. The minimum atomic E-state index is -3.32. The number of rotatable bonds is 6. The van der Waals surface area contributed by atoms with Gasteiger partial charge in [0.1, 0.15) is 0 Å². The van der Waals surface area contributed by atoms with Crippen LogP contribution in [0.3, 0.4) is 0 Å². The third-order valence-corrected chi connectivity index (χ3v) is 4.79. The van der Waals surface area contributed by atoms with Gasteiger partial charge in [-0.15, -0.1) is 0 Å². The van der Waals surface area contributed by atoms with Crippen LogP contribution in [0.5, 0.6) is 0 Å². The molecule has 0 saturated heterocycles. The predicted octanol–water partition coefficient (Wildman–Crippen LogP) is 1.58. The lowest BCUT2D eigenvalue weighted by molar-refractivity contribution is 0.413. The molecular weight excluding hydrogens is 248 g/mol. The van der Waals surface area contributed by atoms with Crippen molar-refractivity contribution in [3.8, 4) is 0 Å². The number of benzene rings is 1. The molecule has 18 heavy (non-hydrogen) atoms. The van der Waals surface area contributed by atoms with Crippen LogP contribution in [0.2, 0.25) is 0 Å². The van der Waals surface area contributed by atoms with E-state index in [4.69, 9.17) is 5.73 Å². The van der Waals surface area contributed by atoms with Crippen LogP contribution in [0.4, 0.5) is 0 Å². The number of sulfonamides is 1. The molecule has 0 aliphatic carbocycles. The summed E-state index contributed by atoms with van der Waals surface area (Å²) in [6.45, 7) is 6.13. The summed E-state index contributed by atoms with van der Waals surface area (Å²) in [6.07, 6.45) is 0. The minimum Gasteiger partial charge on any atom is -0.325 e. The summed E-state index contributed by atoms with van der Waals surface area (Å²) in [4.78, 5) is 0. The predicted molar refractivity (Wildman–Crippen MR) is 74.6 cm³/mol. The summed E-state index contributed by atoms with van der Waals surface area (Å²) < 4.78 is 25.9. The molecular formula is C13H22N2O2S. The largest absolute Gasteiger partial charge is 0.325 e. The normalized spacial score (nSPS) is 12.9. The highest BCUT2D eigenvalue weighted by Crippen LogP contribution is 2.13. The van der Waals surface area contributed by atoms with Gasteiger partial charge in [-0.1, -0.05) is 37.3 Å². The molecule has 0 bridgehead atoms. The van der Waals surface area contributed by atoms with Crippen LogP contribution in [0.15, 0.2) is 30.3 Å². The molecule has 0 aliphatic rings. The molecule has 0 amide bonds. The Balaban J connectivity index is 2.84. The molecule has 102 valence electrons. The van der Waals surface area contributed by atoms with E-state index < -0.39 is 15.6 Å². The number of nitrogens with zero attached hydrogens (tertiary/aromatic N) is 1. The second-order valence-corrected chi connectivity index (χ2v) is 7.13. The van der Waals surface area contributed by atoms with Gasteiger partial charge in [-0.2, -0.15) is 4.31 Å². The van der Waals surface area contributed by atoms with Crippen LogP contribution in [0.1, 0.15) is 26.3 Å². The van der Waals surface area contributed by atoms with Gasteiger partial charge in [-0.3, -0.25) is 0 Å². The van der Waals surface area contributed by atoms with Gasteiger partial charge in [-0.25, -0.2) is 8.42 Å². The maximum absolute atomic E-state index is 12.2. The number of hydrogen-bond donors (Lipinski definition) is 1. The van der Waals surface area contributed by atoms with Gasteiger partial charge < -0.3 is 5.73 Å². The second kappa shape index (κ2) is 5.82. The molecule has 1 aromatic rings. The standard InChI is InChI=1S/C13H22N2O2S/c1-4-15(10-12-8-6-5-7-9-12)18(16,17)11-13(2,3)14/h5-9H,4,10-11,14H2,1-3H3. The third-order valence-electron chi connectivity index (χ3n) is 2.50. The van der Waals surface area contributed by atoms with Crippen molar-refractivity contribution in [2.45, 2.75) is 32.9 Å². The lowest BCUT2D eigenvalue weighted by Gasteiger charge is -2.25. The first-order valence-electron chi connectivity index (χ1n) is 6.05. The summed E-state index contributed by atoms with van der Waals surface area (Å²) >= 11 is 0. The highest BCUT2D eigenvalue weighted by molar-refractivity contribution is 7.89. The first-order valence-corrected chi connectivity index (χ1v) is 7.66. The molecule has 4 nitrogen and oxygen atoms in total. The van der Waals surface area contributed by atoms with Crippen molar-refractivity contribution < 1.29 is 8.42 Å². The van der Waals surface area contributed by atoms with E-state index in [-0.39, 0.29) is 5.75 Å². The van der Waals surface area contributed by atoms with Crippen molar-refractivity contribution >= 4 is 10.0 Å². The third kappa shape index (κ3) is 4.76. The van der Waals surface area contributed by atoms with E-state index in [2.05, 4.69) is 0 Å². The van der Waals surface area contributed by atoms with Gasteiger partial charge >= 0.3 is 0 Å². The Kier molecular flexibility index (Phi) is 4.90. The molecule has 0 spiro atoms. The number of nitrogens with two attached hydrogens (primary N) is 1. The average molecular weight is 270 g/mol. The van der Waals surface area contributed by atoms with Crippen molar-refractivity contribution in [2.24, 2.45) is 5.73 Å². The van der Waals surface area contributed by atoms with E-state index >= 15 is 0 Å². The summed E-state index contributed by atoms with van der Waals surface area (Å²) in [5.41, 5.74) is 6.07. The maximum atomic E-state index is 12.2. The van der Waals surface area contributed by atoms with Crippen LogP contribution in [0, 0.1) is 0 Å². The van der Waals surface area contributed by atoms with E-state index in [9.17, 15) is 8.42 Å². The SMILES string of the molecule is CCN(Cc1ccccc1)S(=O)(=O)CC(C)(C)N. The van der Waals surface area contributed by atoms with Crippen LogP contribution in [-0.2, 0) is 16.6 Å². The molecule has 0 aliphatic heterocycles. The monoisotopic (exact) mass is 270 g/mol. The fourth-order valence-corrected chi connectivity index (χ4v) is 3.62. The summed E-state index contributed by atoms with van der Waals surface area (Å²) in [5, 5.41) is 0. The van der Waals surface area contributed by atoms with E-state index in [0.717, 1.165) is 5.56 Å². The van der Waals surface area contributed by atoms with Crippen molar-refractivity contribution in [1.29, 1.82) is 0 Å². The topological polar surface area (TPSA) is 63.4 Å². The molecule has 0 aromatic heterocycles. The average Bonchev–Trinajstić information content (AvgIpc) is 2.23. The van der Waals surface area contributed by atoms with Gasteiger partial charge in [0.25, 0.3) is 0 Å². The molecule has 1 rings (SSSR count). The van der Waals surface area contributed by atoms with Gasteiger partial charge in [0.2, 0.25) is 10.0 Å². The van der Waals surface area contributed by atoms with E-state index in [1.807, 2.05) is 37.3 Å². The lowest BCUT2D eigenvalue weighted by atomic mass is 10.1.